The van der Waals surface area contributed by atoms with Crippen molar-refractivity contribution in [3.8, 4) is 5.75 Å². The number of piperidine rings is 1. The van der Waals surface area contributed by atoms with Crippen molar-refractivity contribution in [1.82, 2.24) is 10.6 Å². The quantitative estimate of drug-likeness (QED) is 0.854. The molecule has 1 fully saturated rings. The summed E-state index contributed by atoms with van der Waals surface area (Å²) in [6.45, 7) is 4.02. The van der Waals surface area contributed by atoms with E-state index in [-0.39, 0.29) is 0 Å². The second-order valence-electron chi connectivity index (χ2n) is 5.32. The highest BCUT2D eigenvalue weighted by Gasteiger charge is 2.14. The van der Waals surface area contributed by atoms with Crippen LogP contribution in [0.1, 0.15) is 30.4 Å². The summed E-state index contributed by atoms with van der Waals surface area (Å²) in [5, 5.41) is 6.92. The van der Waals surface area contributed by atoms with Crippen molar-refractivity contribution in [2.75, 3.05) is 19.7 Å². The molecule has 1 aromatic rings. The van der Waals surface area contributed by atoms with Gasteiger partial charge >= 0.3 is 0 Å². The molecule has 0 radical (unpaired) electrons. The molecule has 1 atom stereocenters. The lowest BCUT2D eigenvalue weighted by Crippen LogP contribution is -2.38. The maximum atomic E-state index is 5.92. The summed E-state index contributed by atoms with van der Waals surface area (Å²) in [5.74, 6) is 1.02. The average molecular weight is 246 g/mol. The van der Waals surface area contributed by atoms with Gasteiger partial charge in [-0.2, -0.15) is 0 Å². The first-order valence-electron chi connectivity index (χ1n) is 7.10. The molecule has 0 saturated carbocycles. The van der Waals surface area contributed by atoms with E-state index in [1.54, 1.807) is 0 Å². The van der Waals surface area contributed by atoms with Crippen LogP contribution in [0.15, 0.2) is 18.2 Å². The van der Waals surface area contributed by atoms with Crippen molar-refractivity contribution < 1.29 is 4.74 Å². The van der Waals surface area contributed by atoms with E-state index in [9.17, 15) is 0 Å². The highest BCUT2D eigenvalue weighted by atomic mass is 16.5. The molecular formula is C15H22N2O. The second-order valence-corrected chi connectivity index (χ2v) is 5.32. The molecule has 1 aromatic carbocycles. The van der Waals surface area contributed by atoms with Gasteiger partial charge in [-0.05, 0) is 55.6 Å². The van der Waals surface area contributed by atoms with Crippen LogP contribution in [-0.2, 0) is 13.0 Å². The van der Waals surface area contributed by atoms with Crippen LogP contribution >= 0.6 is 0 Å². The molecule has 2 aliphatic rings. The SMILES string of the molecule is c1cc2c(cc1OCC1CCCCN1)CNCC2. The Labute approximate surface area is 109 Å². The molecule has 3 heteroatoms. The average Bonchev–Trinajstić information content (AvgIpc) is 2.46. The van der Waals surface area contributed by atoms with E-state index in [0.29, 0.717) is 6.04 Å². The van der Waals surface area contributed by atoms with E-state index in [4.69, 9.17) is 4.74 Å². The van der Waals surface area contributed by atoms with Crippen LogP contribution in [0.2, 0.25) is 0 Å². The molecule has 1 unspecified atom stereocenters. The molecule has 3 nitrogen and oxygen atoms in total. The molecule has 1 saturated heterocycles. The Morgan fingerprint density at radius 3 is 3.06 bits per heavy atom. The minimum Gasteiger partial charge on any atom is -0.492 e. The van der Waals surface area contributed by atoms with E-state index >= 15 is 0 Å². The summed E-state index contributed by atoms with van der Waals surface area (Å²) >= 11 is 0. The first-order chi connectivity index (χ1) is 8.92. The lowest BCUT2D eigenvalue weighted by molar-refractivity contribution is 0.239. The number of nitrogens with one attached hydrogen (secondary N) is 2. The van der Waals surface area contributed by atoms with Gasteiger partial charge in [0.15, 0.2) is 0 Å². The molecule has 0 aliphatic carbocycles. The number of hydrogen-bond acceptors (Lipinski definition) is 3. The number of ether oxygens (including phenoxy) is 1. The summed E-state index contributed by atoms with van der Waals surface area (Å²) in [6.07, 6.45) is 5.02. The Kier molecular flexibility index (Phi) is 3.81. The Balaban J connectivity index is 1.58. The minimum atomic E-state index is 0.535. The van der Waals surface area contributed by atoms with Crippen LogP contribution in [0.5, 0.6) is 5.75 Å². The zero-order chi connectivity index (χ0) is 12.2. The third-order valence-corrected chi connectivity index (χ3v) is 3.93. The molecule has 2 aliphatic heterocycles. The van der Waals surface area contributed by atoms with Gasteiger partial charge in [0.1, 0.15) is 12.4 Å². The topological polar surface area (TPSA) is 33.3 Å². The molecule has 0 spiro atoms. The van der Waals surface area contributed by atoms with Crippen molar-refractivity contribution in [2.24, 2.45) is 0 Å². The molecule has 2 N–H and O–H groups in total. The summed E-state index contributed by atoms with van der Waals surface area (Å²) < 4.78 is 5.92. The van der Waals surface area contributed by atoms with E-state index in [0.717, 1.165) is 38.4 Å². The molecule has 2 heterocycles. The lowest BCUT2D eigenvalue weighted by atomic mass is 10.0. The predicted octanol–water partition coefficient (Wildman–Crippen LogP) is 1.85. The lowest BCUT2D eigenvalue weighted by Gasteiger charge is -2.24. The summed E-state index contributed by atoms with van der Waals surface area (Å²) in [4.78, 5) is 0. The second kappa shape index (κ2) is 5.72. The number of benzene rings is 1. The van der Waals surface area contributed by atoms with E-state index in [1.165, 1.54) is 30.4 Å². The van der Waals surface area contributed by atoms with Crippen LogP contribution in [0, 0.1) is 0 Å². The Hall–Kier alpha value is -1.06. The fourth-order valence-corrected chi connectivity index (χ4v) is 2.81. The first-order valence-corrected chi connectivity index (χ1v) is 7.10. The van der Waals surface area contributed by atoms with Crippen molar-refractivity contribution in [2.45, 2.75) is 38.3 Å². The predicted molar refractivity (Wildman–Crippen MR) is 73.0 cm³/mol. The third-order valence-electron chi connectivity index (χ3n) is 3.93. The zero-order valence-corrected chi connectivity index (χ0v) is 10.9. The standard InChI is InChI=1S/C15H22N2O/c1-2-7-17-14(3-1)11-18-15-5-4-12-6-8-16-10-13(12)9-15/h4-5,9,14,16-17H,1-3,6-8,10-11H2. The van der Waals surface area contributed by atoms with Gasteiger partial charge < -0.3 is 15.4 Å². The minimum absolute atomic E-state index is 0.535. The molecule has 0 amide bonds. The van der Waals surface area contributed by atoms with Crippen LogP contribution in [0.25, 0.3) is 0 Å². The molecular weight excluding hydrogens is 224 g/mol. The largest absolute Gasteiger partial charge is 0.492 e. The van der Waals surface area contributed by atoms with Gasteiger partial charge in [0.05, 0.1) is 0 Å². The smallest absolute Gasteiger partial charge is 0.119 e. The number of hydrogen-bond donors (Lipinski definition) is 2. The Morgan fingerprint density at radius 1 is 1.17 bits per heavy atom. The number of fused-ring (bicyclic) bond motifs is 1. The van der Waals surface area contributed by atoms with Gasteiger partial charge in [0, 0.05) is 12.6 Å². The van der Waals surface area contributed by atoms with E-state index in [1.807, 2.05) is 0 Å². The molecule has 3 rings (SSSR count). The molecule has 0 bridgehead atoms. The monoisotopic (exact) mass is 246 g/mol. The highest BCUT2D eigenvalue weighted by Crippen LogP contribution is 2.21. The van der Waals surface area contributed by atoms with Crippen molar-refractivity contribution in [3.05, 3.63) is 29.3 Å². The Morgan fingerprint density at radius 2 is 2.17 bits per heavy atom. The van der Waals surface area contributed by atoms with E-state index in [2.05, 4.69) is 28.8 Å². The summed E-state index contributed by atoms with van der Waals surface area (Å²) in [7, 11) is 0. The normalized spacial score (nSPS) is 23.4. The zero-order valence-electron chi connectivity index (χ0n) is 10.9. The van der Waals surface area contributed by atoms with Gasteiger partial charge in [-0.3, -0.25) is 0 Å². The van der Waals surface area contributed by atoms with Crippen LogP contribution in [0.4, 0.5) is 0 Å². The van der Waals surface area contributed by atoms with Gasteiger partial charge in [0.2, 0.25) is 0 Å². The maximum Gasteiger partial charge on any atom is 0.119 e. The van der Waals surface area contributed by atoms with Gasteiger partial charge in [-0.25, -0.2) is 0 Å². The van der Waals surface area contributed by atoms with Crippen LogP contribution in [-0.4, -0.2) is 25.7 Å². The summed E-state index contributed by atoms with van der Waals surface area (Å²) in [6, 6.07) is 7.07. The number of rotatable bonds is 3. The highest BCUT2D eigenvalue weighted by molar-refractivity contribution is 5.37. The van der Waals surface area contributed by atoms with Crippen LogP contribution < -0.4 is 15.4 Å². The van der Waals surface area contributed by atoms with Crippen LogP contribution in [0.3, 0.4) is 0 Å². The van der Waals surface area contributed by atoms with Gasteiger partial charge in [-0.15, -0.1) is 0 Å². The Bertz CT molecular complexity index is 399. The van der Waals surface area contributed by atoms with Crippen molar-refractivity contribution in [3.63, 3.8) is 0 Å². The molecule has 18 heavy (non-hydrogen) atoms. The van der Waals surface area contributed by atoms with Gasteiger partial charge in [0.25, 0.3) is 0 Å². The fraction of sp³-hybridized carbons (Fsp3) is 0.600. The maximum absolute atomic E-state index is 5.92. The third kappa shape index (κ3) is 2.85. The molecule has 98 valence electrons. The van der Waals surface area contributed by atoms with Crippen molar-refractivity contribution in [1.29, 1.82) is 0 Å². The van der Waals surface area contributed by atoms with Gasteiger partial charge in [-0.1, -0.05) is 12.5 Å². The summed E-state index contributed by atoms with van der Waals surface area (Å²) in [5.41, 5.74) is 2.87. The van der Waals surface area contributed by atoms with Crippen molar-refractivity contribution >= 4 is 0 Å². The first kappa shape index (κ1) is 12.0. The fourth-order valence-electron chi connectivity index (χ4n) is 2.81. The van der Waals surface area contributed by atoms with E-state index < -0.39 is 0 Å². The molecule has 0 aromatic heterocycles.